The third kappa shape index (κ3) is 2.02. The maximum atomic E-state index is 11.6. The highest BCUT2D eigenvalue weighted by atomic mass is 32.1. The number of aromatic carboxylic acids is 1. The maximum Gasteiger partial charge on any atom is 0.337 e. The minimum absolute atomic E-state index is 0.409. The van der Waals surface area contributed by atoms with Crippen LogP contribution in [-0.4, -0.2) is 11.1 Å². The van der Waals surface area contributed by atoms with Crippen LogP contribution in [0.3, 0.4) is 0 Å². The van der Waals surface area contributed by atoms with Crippen molar-refractivity contribution < 1.29 is 9.90 Å². The monoisotopic (exact) mass is 268 g/mol. The Labute approximate surface area is 114 Å². The van der Waals surface area contributed by atoms with Gasteiger partial charge >= 0.3 is 5.97 Å². The first-order chi connectivity index (χ1) is 9.16. The van der Waals surface area contributed by atoms with Crippen LogP contribution in [-0.2, 0) is 0 Å². The zero-order chi connectivity index (χ0) is 13.4. The molecule has 0 unspecified atom stereocenters. The lowest BCUT2D eigenvalue weighted by Crippen LogP contribution is -1.96. The topological polar surface area (TPSA) is 37.3 Å². The molecule has 0 aliphatic rings. The molecule has 19 heavy (non-hydrogen) atoms. The van der Waals surface area contributed by atoms with Crippen LogP contribution < -0.4 is 0 Å². The molecule has 94 valence electrons. The number of thiophene rings is 1. The largest absolute Gasteiger partial charge is 0.478 e. The van der Waals surface area contributed by atoms with Crippen LogP contribution in [0.25, 0.3) is 20.5 Å². The highest BCUT2D eigenvalue weighted by molar-refractivity contribution is 7.22. The zero-order valence-electron chi connectivity index (χ0n) is 10.4. The van der Waals surface area contributed by atoms with E-state index in [4.69, 9.17) is 0 Å². The van der Waals surface area contributed by atoms with Gasteiger partial charge in [-0.1, -0.05) is 48.0 Å². The predicted octanol–water partition coefficient (Wildman–Crippen LogP) is 4.57. The molecular formula is C16H12O2S. The average molecular weight is 268 g/mol. The van der Waals surface area contributed by atoms with Gasteiger partial charge in [-0.05, 0) is 18.6 Å². The molecule has 0 aliphatic heterocycles. The fourth-order valence-electron chi connectivity index (χ4n) is 2.25. The first-order valence-corrected chi connectivity index (χ1v) is 6.80. The molecule has 0 radical (unpaired) electrons. The van der Waals surface area contributed by atoms with Crippen LogP contribution >= 0.6 is 11.3 Å². The van der Waals surface area contributed by atoms with Gasteiger partial charge in [0.15, 0.2) is 0 Å². The van der Waals surface area contributed by atoms with Crippen molar-refractivity contribution in [2.45, 2.75) is 6.92 Å². The summed E-state index contributed by atoms with van der Waals surface area (Å²) in [5.74, 6) is -0.867. The van der Waals surface area contributed by atoms with Crippen molar-refractivity contribution in [2.24, 2.45) is 0 Å². The Kier molecular flexibility index (Phi) is 2.84. The minimum Gasteiger partial charge on any atom is -0.478 e. The fraction of sp³-hybridized carbons (Fsp3) is 0.0625. The smallest absolute Gasteiger partial charge is 0.337 e. The Morgan fingerprint density at radius 3 is 2.63 bits per heavy atom. The number of carboxylic acids is 1. The molecule has 0 fully saturated rings. The first-order valence-electron chi connectivity index (χ1n) is 5.98. The summed E-state index contributed by atoms with van der Waals surface area (Å²) in [6, 6.07) is 15.6. The van der Waals surface area contributed by atoms with Gasteiger partial charge in [-0.15, -0.1) is 11.3 Å². The summed E-state index contributed by atoms with van der Waals surface area (Å²) in [4.78, 5) is 12.4. The van der Waals surface area contributed by atoms with Gasteiger partial charge in [0.2, 0.25) is 0 Å². The molecule has 1 aromatic heterocycles. The molecular weight excluding hydrogens is 256 g/mol. The van der Waals surface area contributed by atoms with Crippen LogP contribution in [0.2, 0.25) is 0 Å². The van der Waals surface area contributed by atoms with Crippen LogP contribution in [0, 0.1) is 6.92 Å². The summed E-state index contributed by atoms with van der Waals surface area (Å²) in [5.41, 5.74) is 2.51. The van der Waals surface area contributed by atoms with E-state index in [-0.39, 0.29) is 0 Å². The maximum absolute atomic E-state index is 11.6. The zero-order valence-corrected chi connectivity index (χ0v) is 11.2. The molecule has 2 nitrogen and oxygen atoms in total. The van der Waals surface area contributed by atoms with E-state index in [9.17, 15) is 9.90 Å². The third-order valence-corrected chi connectivity index (χ3v) is 4.31. The molecule has 0 amide bonds. The molecule has 0 atom stereocenters. The van der Waals surface area contributed by atoms with Gasteiger partial charge in [0.1, 0.15) is 0 Å². The molecule has 2 aromatic carbocycles. The van der Waals surface area contributed by atoms with E-state index in [2.05, 4.69) is 0 Å². The van der Waals surface area contributed by atoms with E-state index >= 15 is 0 Å². The number of benzene rings is 2. The molecule has 0 saturated carbocycles. The van der Waals surface area contributed by atoms with Gasteiger partial charge in [-0.2, -0.15) is 0 Å². The SMILES string of the molecule is Cc1cccc(-c2sc3ccccc3c2C(=O)O)c1. The molecule has 1 heterocycles. The van der Waals surface area contributed by atoms with Gasteiger partial charge in [0, 0.05) is 10.1 Å². The van der Waals surface area contributed by atoms with E-state index in [1.807, 2.05) is 55.5 Å². The molecule has 3 aromatic rings. The number of hydrogen-bond donors (Lipinski definition) is 1. The number of fused-ring (bicyclic) bond motifs is 1. The van der Waals surface area contributed by atoms with Gasteiger partial charge in [0.05, 0.1) is 10.4 Å². The van der Waals surface area contributed by atoms with Crippen molar-refractivity contribution in [3.05, 3.63) is 59.7 Å². The van der Waals surface area contributed by atoms with Crippen molar-refractivity contribution in [1.82, 2.24) is 0 Å². The highest BCUT2D eigenvalue weighted by Gasteiger charge is 2.18. The molecule has 3 heteroatoms. The number of hydrogen-bond acceptors (Lipinski definition) is 2. The number of carbonyl (C=O) groups is 1. The summed E-state index contributed by atoms with van der Waals surface area (Å²) in [6.45, 7) is 2.01. The Balaban J connectivity index is 2.34. The van der Waals surface area contributed by atoms with Crippen LogP contribution in [0.4, 0.5) is 0 Å². The van der Waals surface area contributed by atoms with Crippen LogP contribution in [0.1, 0.15) is 15.9 Å². The van der Waals surface area contributed by atoms with Crippen LogP contribution in [0.15, 0.2) is 48.5 Å². The molecule has 1 N–H and O–H groups in total. The van der Waals surface area contributed by atoms with Crippen molar-refractivity contribution in [1.29, 1.82) is 0 Å². The second kappa shape index (κ2) is 4.52. The summed E-state index contributed by atoms with van der Waals surface area (Å²) < 4.78 is 1.01. The lowest BCUT2D eigenvalue weighted by atomic mass is 10.0. The number of aryl methyl sites for hydroxylation is 1. The number of carboxylic acid groups (broad SMARTS) is 1. The van der Waals surface area contributed by atoms with E-state index in [1.165, 1.54) is 11.3 Å². The third-order valence-electron chi connectivity index (χ3n) is 3.09. The van der Waals surface area contributed by atoms with Crippen LogP contribution in [0.5, 0.6) is 0 Å². The Hall–Kier alpha value is -2.13. The Morgan fingerprint density at radius 2 is 1.89 bits per heavy atom. The van der Waals surface area contributed by atoms with Gasteiger partial charge in [-0.25, -0.2) is 4.79 Å². The summed E-state index contributed by atoms with van der Waals surface area (Å²) >= 11 is 1.53. The lowest BCUT2D eigenvalue weighted by molar-refractivity contribution is 0.0700. The minimum atomic E-state index is -0.867. The molecule has 0 spiro atoms. The second-order valence-electron chi connectivity index (χ2n) is 4.48. The standard InChI is InChI=1S/C16H12O2S/c1-10-5-4-6-11(9-10)15-14(16(17)18)12-7-2-3-8-13(12)19-15/h2-9H,1H3,(H,17,18). The van der Waals surface area contributed by atoms with E-state index in [0.717, 1.165) is 26.1 Å². The van der Waals surface area contributed by atoms with E-state index < -0.39 is 5.97 Å². The highest BCUT2D eigenvalue weighted by Crippen LogP contribution is 2.38. The van der Waals surface area contributed by atoms with Gasteiger partial charge in [0.25, 0.3) is 0 Å². The second-order valence-corrected chi connectivity index (χ2v) is 5.53. The Morgan fingerprint density at radius 1 is 1.11 bits per heavy atom. The average Bonchev–Trinajstić information content (AvgIpc) is 2.78. The molecule has 0 saturated heterocycles. The van der Waals surface area contributed by atoms with Crippen molar-refractivity contribution in [3.63, 3.8) is 0 Å². The van der Waals surface area contributed by atoms with Crippen molar-refractivity contribution in [2.75, 3.05) is 0 Å². The first kappa shape index (κ1) is 11.9. The lowest BCUT2D eigenvalue weighted by Gasteiger charge is -2.01. The molecule has 0 aliphatic carbocycles. The van der Waals surface area contributed by atoms with Crippen molar-refractivity contribution >= 4 is 27.4 Å². The summed E-state index contributed by atoms with van der Waals surface area (Å²) in [5, 5.41) is 10.3. The number of rotatable bonds is 2. The van der Waals surface area contributed by atoms with Gasteiger partial charge in [-0.3, -0.25) is 0 Å². The van der Waals surface area contributed by atoms with Crippen molar-refractivity contribution in [3.8, 4) is 10.4 Å². The van der Waals surface area contributed by atoms with E-state index in [0.29, 0.717) is 5.56 Å². The quantitative estimate of drug-likeness (QED) is 0.739. The predicted molar refractivity (Wildman–Crippen MR) is 79.0 cm³/mol. The molecule has 3 rings (SSSR count). The molecule has 0 bridgehead atoms. The normalized spacial score (nSPS) is 10.8. The van der Waals surface area contributed by atoms with E-state index in [1.54, 1.807) is 0 Å². The fourth-order valence-corrected chi connectivity index (χ4v) is 3.44. The summed E-state index contributed by atoms with van der Waals surface area (Å²) in [6.07, 6.45) is 0. The van der Waals surface area contributed by atoms with Gasteiger partial charge < -0.3 is 5.11 Å². The summed E-state index contributed by atoms with van der Waals surface area (Å²) in [7, 11) is 0. The Bertz CT molecular complexity index is 771.